The Labute approximate surface area is 123 Å². The van der Waals surface area contributed by atoms with Crippen LogP contribution in [-0.2, 0) is 10.0 Å². The lowest BCUT2D eigenvalue weighted by molar-refractivity contribution is 0.0698. The molecule has 0 fully saturated rings. The summed E-state index contributed by atoms with van der Waals surface area (Å²) in [6.07, 6.45) is 0. The molecule has 1 aromatic carbocycles. The lowest BCUT2D eigenvalue weighted by Crippen LogP contribution is -2.16. The number of ether oxygens (including phenoxy) is 1. The van der Waals surface area contributed by atoms with Gasteiger partial charge in [-0.15, -0.1) is 11.3 Å². The maximum absolute atomic E-state index is 13.6. The van der Waals surface area contributed by atoms with E-state index >= 15 is 0 Å². The van der Waals surface area contributed by atoms with Gasteiger partial charge in [0, 0.05) is 6.07 Å². The van der Waals surface area contributed by atoms with Crippen LogP contribution in [0.3, 0.4) is 0 Å². The van der Waals surface area contributed by atoms with Gasteiger partial charge in [-0.2, -0.15) is 0 Å². The number of methoxy groups -OCH3 is 1. The predicted molar refractivity (Wildman–Crippen MR) is 75.0 cm³/mol. The number of aromatic carboxylic acids is 1. The monoisotopic (exact) mass is 331 g/mol. The lowest BCUT2D eigenvalue weighted by atomic mass is 10.3. The van der Waals surface area contributed by atoms with Crippen LogP contribution in [-0.4, -0.2) is 26.6 Å². The first-order chi connectivity index (χ1) is 9.85. The van der Waals surface area contributed by atoms with Crippen molar-refractivity contribution < 1.29 is 27.4 Å². The number of carboxylic acids is 1. The van der Waals surface area contributed by atoms with Gasteiger partial charge in [0.25, 0.3) is 10.0 Å². The first kappa shape index (κ1) is 15.3. The highest BCUT2D eigenvalue weighted by Crippen LogP contribution is 2.27. The van der Waals surface area contributed by atoms with E-state index in [1.54, 1.807) is 0 Å². The summed E-state index contributed by atoms with van der Waals surface area (Å²) in [4.78, 5) is 10.2. The normalized spacial score (nSPS) is 11.1. The van der Waals surface area contributed by atoms with Gasteiger partial charge < -0.3 is 9.84 Å². The zero-order valence-electron chi connectivity index (χ0n) is 10.7. The molecule has 0 unspecified atom stereocenters. The second-order valence-electron chi connectivity index (χ2n) is 3.87. The number of anilines is 1. The maximum atomic E-state index is 13.6. The molecule has 0 saturated carbocycles. The van der Waals surface area contributed by atoms with E-state index in [-0.39, 0.29) is 16.3 Å². The zero-order valence-corrected chi connectivity index (χ0v) is 12.3. The molecular formula is C12H10FNO5S2. The van der Waals surface area contributed by atoms with E-state index in [4.69, 9.17) is 9.84 Å². The molecule has 0 spiro atoms. The standard InChI is InChI=1S/C12H10FNO5S2/c1-19-7-2-3-8(13)9(6-7)14-21(17,18)10-4-5-20-11(10)12(15)16/h2-6,14H,1H3,(H,15,16). The fraction of sp³-hybridized carbons (Fsp3) is 0.0833. The van der Waals surface area contributed by atoms with Gasteiger partial charge in [0.15, 0.2) is 0 Å². The molecule has 6 nitrogen and oxygen atoms in total. The molecule has 0 bridgehead atoms. The van der Waals surface area contributed by atoms with Crippen LogP contribution >= 0.6 is 11.3 Å². The molecule has 2 aromatic rings. The van der Waals surface area contributed by atoms with Gasteiger partial charge >= 0.3 is 5.97 Å². The van der Waals surface area contributed by atoms with Crippen LogP contribution < -0.4 is 9.46 Å². The number of carbonyl (C=O) groups is 1. The third kappa shape index (κ3) is 3.14. The van der Waals surface area contributed by atoms with Crippen molar-refractivity contribution in [3.8, 4) is 5.75 Å². The van der Waals surface area contributed by atoms with E-state index in [0.717, 1.165) is 23.5 Å². The molecule has 0 amide bonds. The summed E-state index contributed by atoms with van der Waals surface area (Å²) in [7, 11) is -2.86. The topological polar surface area (TPSA) is 92.7 Å². The van der Waals surface area contributed by atoms with Crippen molar-refractivity contribution in [2.45, 2.75) is 4.90 Å². The Morgan fingerprint density at radius 3 is 2.71 bits per heavy atom. The number of carboxylic acid groups (broad SMARTS) is 1. The van der Waals surface area contributed by atoms with E-state index in [0.29, 0.717) is 0 Å². The lowest BCUT2D eigenvalue weighted by Gasteiger charge is -2.10. The number of nitrogens with one attached hydrogen (secondary N) is 1. The molecule has 2 N–H and O–H groups in total. The highest BCUT2D eigenvalue weighted by Gasteiger charge is 2.24. The predicted octanol–water partition coefficient (Wildman–Crippen LogP) is 2.39. The molecule has 0 atom stereocenters. The van der Waals surface area contributed by atoms with Crippen molar-refractivity contribution in [2.75, 3.05) is 11.8 Å². The fourth-order valence-corrected chi connectivity index (χ4v) is 3.89. The SMILES string of the molecule is COc1ccc(F)c(NS(=O)(=O)c2ccsc2C(=O)O)c1. The highest BCUT2D eigenvalue weighted by atomic mass is 32.2. The van der Waals surface area contributed by atoms with E-state index in [2.05, 4.69) is 0 Å². The van der Waals surface area contributed by atoms with E-state index in [9.17, 15) is 17.6 Å². The van der Waals surface area contributed by atoms with Crippen molar-refractivity contribution in [1.82, 2.24) is 0 Å². The number of hydrogen-bond donors (Lipinski definition) is 2. The first-order valence-electron chi connectivity index (χ1n) is 5.52. The Hall–Kier alpha value is -2.13. The van der Waals surface area contributed by atoms with Crippen molar-refractivity contribution in [2.24, 2.45) is 0 Å². The van der Waals surface area contributed by atoms with Crippen LogP contribution in [0.1, 0.15) is 9.67 Å². The minimum Gasteiger partial charge on any atom is -0.497 e. The van der Waals surface area contributed by atoms with Gasteiger partial charge in [-0.3, -0.25) is 4.72 Å². The van der Waals surface area contributed by atoms with Gasteiger partial charge in [-0.05, 0) is 23.6 Å². The van der Waals surface area contributed by atoms with Gasteiger partial charge in [-0.1, -0.05) is 0 Å². The largest absolute Gasteiger partial charge is 0.497 e. The summed E-state index contributed by atoms with van der Waals surface area (Å²) < 4.78 is 44.9. The molecule has 1 aromatic heterocycles. The Kier molecular flexibility index (Phi) is 4.14. The average molecular weight is 331 g/mol. The van der Waals surface area contributed by atoms with Gasteiger partial charge in [-0.25, -0.2) is 17.6 Å². The van der Waals surface area contributed by atoms with Gasteiger partial charge in [0.05, 0.1) is 12.8 Å². The smallest absolute Gasteiger partial charge is 0.347 e. The summed E-state index contributed by atoms with van der Waals surface area (Å²) in [6.45, 7) is 0. The first-order valence-corrected chi connectivity index (χ1v) is 7.88. The minimum atomic E-state index is -4.21. The third-order valence-electron chi connectivity index (χ3n) is 2.53. The Bertz CT molecular complexity index is 785. The van der Waals surface area contributed by atoms with Crippen LogP contribution in [0.15, 0.2) is 34.5 Å². The van der Waals surface area contributed by atoms with Gasteiger partial charge in [0.2, 0.25) is 0 Å². The number of halogens is 1. The van der Waals surface area contributed by atoms with E-state index in [1.165, 1.54) is 24.6 Å². The second-order valence-corrected chi connectivity index (χ2v) is 6.44. The number of rotatable bonds is 5. The number of thiophene rings is 1. The third-order valence-corrected chi connectivity index (χ3v) is 4.97. The Morgan fingerprint density at radius 1 is 1.38 bits per heavy atom. The zero-order chi connectivity index (χ0) is 15.6. The van der Waals surface area contributed by atoms with E-state index in [1.807, 2.05) is 4.72 Å². The number of benzene rings is 1. The molecular weight excluding hydrogens is 321 g/mol. The van der Waals surface area contributed by atoms with Crippen molar-refractivity contribution >= 4 is 33.0 Å². The van der Waals surface area contributed by atoms with Crippen molar-refractivity contribution in [3.05, 3.63) is 40.3 Å². The van der Waals surface area contributed by atoms with Crippen molar-refractivity contribution in [1.29, 1.82) is 0 Å². The van der Waals surface area contributed by atoms with Crippen LogP contribution in [0, 0.1) is 5.82 Å². The molecule has 9 heteroatoms. The molecule has 0 aliphatic carbocycles. The molecule has 0 radical (unpaired) electrons. The molecule has 21 heavy (non-hydrogen) atoms. The quantitative estimate of drug-likeness (QED) is 0.877. The second kappa shape index (κ2) is 5.70. The maximum Gasteiger partial charge on any atom is 0.347 e. The Balaban J connectivity index is 2.42. The average Bonchev–Trinajstić information content (AvgIpc) is 2.91. The number of sulfonamides is 1. The molecule has 0 aliphatic rings. The molecule has 2 rings (SSSR count). The van der Waals surface area contributed by atoms with Crippen LogP contribution in [0.2, 0.25) is 0 Å². The van der Waals surface area contributed by atoms with E-state index < -0.39 is 26.7 Å². The van der Waals surface area contributed by atoms with Crippen LogP contribution in [0.5, 0.6) is 5.75 Å². The summed E-state index contributed by atoms with van der Waals surface area (Å²) >= 11 is 0.770. The van der Waals surface area contributed by atoms with Gasteiger partial charge in [0.1, 0.15) is 21.3 Å². The minimum absolute atomic E-state index is 0.262. The molecule has 0 saturated heterocycles. The summed E-state index contributed by atoms with van der Waals surface area (Å²) in [5.41, 5.74) is -0.322. The molecule has 1 heterocycles. The fourth-order valence-electron chi connectivity index (χ4n) is 1.57. The molecule has 0 aliphatic heterocycles. The summed E-state index contributed by atoms with van der Waals surface area (Å²) in [5.74, 6) is -1.90. The number of hydrogen-bond acceptors (Lipinski definition) is 5. The summed E-state index contributed by atoms with van der Waals surface area (Å²) in [5, 5.41) is 10.3. The molecule has 112 valence electrons. The van der Waals surface area contributed by atoms with Crippen LogP contribution in [0.4, 0.5) is 10.1 Å². The van der Waals surface area contributed by atoms with Crippen LogP contribution in [0.25, 0.3) is 0 Å². The Morgan fingerprint density at radius 2 is 2.10 bits per heavy atom. The highest BCUT2D eigenvalue weighted by molar-refractivity contribution is 7.93. The summed E-state index contributed by atoms with van der Waals surface area (Å²) in [6, 6.07) is 4.69. The van der Waals surface area contributed by atoms with Crippen molar-refractivity contribution in [3.63, 3.8) is 0 Å².